The van der Waals surface area contributed by atoms with E-state index in [1.807, 2.05) is 24.3 Å². The Bertz CT molecular complexity index is 1250. The van der Waals surface area contributed by atoms with Crippen LogP contribution in [0, 0.1) is 0 Å². The van der Waals surface area contributed by atoms with Crippen molar-refractivity contribution < 1.29 is 23.1 Å². The van der Waals surface area contributed by atoms with Crippen molar-refractivity contribution in [1.29, 1.82) is 0 Å². The summed E-state index contributed by atoms with van der Waals surface area (Å²) in [5.41, 5.74) is 1.25. The van der Waals surface area contributed by atoms with E-state index >= 15 is 0 Å². The molecule has 4 aromatic rings. The number of hydrogen-bond donors (Lipinski definition) is 2. The van der Waals surface area contributed by atoms with Gasteiger partial charge in [0.1, 0.15) is 0 Å². The quantitative estimate of drug-likeness (QED) is 0.301. The van der Waals surface area contributed by atoms with Gasteiger partial charge in [-0.2, -0.15) is 13.2 Å². The molecule has 164 valence electrons. The number of nitrogens with one attached hydrogen (secondary N) is 1. The predicted octanol–water partition coefficient (Wildman–Crippen LogP) is 6.82. The standard InChI is InChI=1S/C25H20F3NO2S/c26-25(27,28)22-14-18(6-8-21(22)16-4-2-1-3-5-16)17-7-9-23-19(12-17)13-20(32-23)15-29-11-10-24(30)31/h1-9,12-14,29H,10-11,15H2,(H,30,31). The van der Waals surface area contributed by atoms with Crippen LogP contribution in [-0.4, -0.2) is 17.6 Å². The van der Waals surface area contributed by atoms with Crippen molar-refractivity contribution in [2.45, 2.75) is 19.1 Å². The van der Waals surface area contributed by atoms with Crippen molar-refractivity contribution >= 4 is 27.4 Å². The lowest BCUT2D eigenvalue weighted by atomic mass is 9.94. The molecular formula is C25H20F3NO2S. The van der Waals surface area contributed by atoms with E-state index in [0.29, 0.717) is 29.8 Å². The molecule has 3 nitrogen and oxygen atoms in total. The summed E-state index contributed by atoms with van der Waals surface area (Å²) < 4.78 is 42.6. The van der Waals surface area contributed by atoms with E-state index < -0.39 is 17.7 Å². The van der Waals surface area contributed by atoms with Crippen LogP contribution in [0.15, 0.2) is 72.8 Å². The fourth-order valence-corrected chi connectivity index (χ4v) is 4.61. The molecule has 3 aromatic carbocycles. The van der Waals surface area contributed by atoms with Gasteiger partial charge in [0.15, 0.2) is 0 Å². The van der Waals surface area contributed by atoms with E-state index in [2.05, 4.69) is 5.32 Å². The fourth-order valence-electron chi connectivity index (χ4n) is 3.60. The van der Waals surface area contributed by atoms with Crippen LogP contribution in [0.1, 0.15) is 16.9 Å². The van der Waals surface area contributed by atoms with E-state index in [9.17, 15) is 18.0 Å². The number of halogens is 3. The van der Waals surface area contributed by atoms with Gasteiger partial charge in [0.2, 0.25) is 0 Å². The van der Waals surface area contributed by atoms with E-state index in [1.54, 1.807) is 47.7 Å². The first kappa shape index (κ1) is 22.0. The molecule has 0 spiro atoms. The van der Waals surface area contributed by atoms with Crippen LogP contribution in [0.4, 0.5) is 13.2 Å². The molecule has 0 aliphatic rings. The molecule has 0 bridgehead atoms. The van der Waals surface area contributed by atoms with Crippen LogP contribution >= 0.6 is 11.3 Å². The van der Waals surface area contributed by atoms with Gasteiger partial charge >= 0.3 is 12.1 Å². The summed E-state index contributed by atoms with van der Waals surface area (Å²) in [6.45, 7) is 0.925. The topological polar surface area (TPSA) is 49.3 Å². The highest BCUT2D eigenvalue weighted by Crippen LogP contribution is 2.40. The average molecular weight is 456 g/mol. The number of carboxylic acids is 1. The van der Waals surface area contributed by atoms with E-state index in [0.717, 1.165) is 15.0 Å². The van der Waals surface area contributed by atoms with Crippen molar-refractivity contribution in [2.75, 3.05) is 6.54 Å². The number of alkyl halides is 3. The van der Waals surface area contributed by atoms with Crippen LogP contribution in [0.3, 0.4) is 0 Å². The van der Waals surface area contributed by atoms with Gasteiger partial charge in [0.05, 0.1) is 12.0 Å². The Labute approximate surface area is 187 Å². The Morgan fingerprint density at radius 3 is 2.34 bits per heavy atom. The summed E-state index contributed by atoms with van der Waals surface area (Å²) in [6.07, 6.45) is -4.42. The zero-order chi connectivity index (χ0) is 22.7. The van der Waals surface area contributed by atoms with Crippen molar-refractivity contribution in [1.82, 2.24) is 5.32 Å². The smallest absolute Gasteiger partial charge is 0.417 e. The summed E-state index contributed by atoms with van der Waals surface area (Å²) in [6, 6.07) is 20.7. The number of aliphatic carboxylic acids is 1. The lowest BCUT2D eigenvalue weighted by Crippen LogP contribution is -2.16. The van der Waals surface area contributed by atoms with Gasteiger partial charge in [-0.15, -0.1) is 11.3 Å². The molecule has 0 aliphatic carbocycles. The Hall–Kier alpha value is -3.16. The van der Waals surface area contributed by atoms with Crippen LogP contribution in [0.25, 0.3) is 32.3 Å². The number of thiophene rings is 1. The van der Waals surface area contributed by atoms with Crippen molar-refractivity contribution in [3.05, 3.63) is 83.2 Å². The Morgan fingerprint density at radius 1 is 0.906 bits per heavy atom. The molecule has 32 heavy (non-hydrogen) atoms. The van der Waals surface area contributed by atoms with Crippen LogP contribution in [0.5, 0.6) is 0 Å². The zero-order valence-electron chi connectivity index (χ0n) is 16.9. The molecule has 0 saturated carbocycles. The molecule has 0 unspecified atom stereocenters. The van der Waals surface area contributed by atoms with Gasteiger partial charge in [-0.3, -0.25) is 4.79 Å². The minimum absolute atomic E-state index is 0.0511. The second kappa shape index (κ2) is 9.14. The molecule has 0 radical (unpaired) electrons. The van der Waals surface area contributed by atoms with Gasteiger partial charge in [0, 0.05) is 22.7 Å². The molecule has 0 fully saturated rings. The first-order valence-corrected chi connectivity index (χ1v) is 10.8. The summed E-state index contributed by atoms with van der Waals surface area (Å²) in [5, 5.41) is 12.7. The molecule has 1 heterocycles. The molecule has 2 N–H and O–H groups in total. The lowest BCUT2D eigenvalue weighted by molar-refractivity contribution is -0.137. The van der Waals surface area contributed by atoms with Gasteiger partial charge in [0.25, 0.3) is 0 Å². The third-order valence-corrected chi connectivity index (χ3v) is 6.24. The summed E-state index contributed by atoms with van der Waals surface area (Å²) in [7, 11) is 0. The van der Waals surface area contributed by atoms with Crippen LogP contribution in [-0.2, 0) is 17.5 Å². The lowest BCUT2D eigenvalue weighted by Gasteiger charge is -2.15. The second-order valence-corrected chi connectivity index (χ2v) is 8.58. The number of carbonyl (C=O) groups is 1. The SMILES string of the molecule is O=C(O)CCNCc1cc2cc(-c3ccc(-c4ccccc4)c(C(F)(F)F)c3)ccc2s1. The molecule has 1 aromatic heterocycles. The van der Waals surface area contributed by atoms with Crippen LogP contribution < -0.4 is 5.32 Å². The first-order valence-electron chi connectivity index (χ1n) is 10.0. The normalized spacial score (nSPS) is 11.7. The Kier molecular flexibility index (Phi) is 6.30. The summed E-state index contributed by atoms with van der Waals surface area (Å²) >= 11 is 1.58. The Balaban J connectivity index is 1.64. The molecular weight excluding hydrogens is 435 g/mol. The third-order valence-electron chi connectivity index (χ3n) is 5.13. The molecule has 0 saturated heterocycles. The van der Waals surface area contributed by atoms with Crippen LogP contribution in [0.2, 0.25) is 0 Å². The Morgan fingerprint density at radius 2 is 1.62 bits per heavy atom. The number of rotatable bonds is 7. The van der Waals surface area contributed by atoms with Crippen molar-refractivity contribution in [2.24, 2.45) is 0 Å². The zero-order valence-corrected chi connectivity index (χ0v) is 17.8. The first-order chi connectivity index (χ1) is 15.3. The molecule has 7 heteroatoms. The van der Waals surface area contributed by atoms with Gasteiger partial charge in [-0.25, -0.2) is 0 Å². The summed E-state index contributed by atoms with van der Waals surface area (Å²) in [5.74, 6) is -0.852. The maximum atomic E-state index is 13.8. The van der Waals surface area contributed by atoms with E-state index in [4.69, 9.17) is 5.11 Å². The van der Waals surface area contributed by atoms with Gasteiger partial charge < -0.3 is 10.4 Å². The maximum absolute atomic E-state index is 13.8. The third kappa shape index (κ3) is 5.00. The molecule has 0 amide bonds. The number of benzene rings is 3. The van der Waals surface area contributed by atoms with E-state index in [-0.39, 0.29) is 12.0 Å². The highest BCUT2D eigenvalue weighted by atomic mass is 32.1. The number of carboxylic acid groups (broad SMARTS) is 1. The highest BCUT2D eigenvalue weighted by molar-refractivity contribution is 7.19. The van der Waals surface area contributed by atoms with E-state index in [1.165, 1.54) is 12.1 Å². The minimum atomic E-state index is -4.47. The molecule has 4 rings (SSSR count). The molecule has 0 aliphatic heterocycles. The monoisotopic (exact) mass is 455 g/mol. The maximum Gasteiger partial charge on any atom is 0.417 e. The van der Waals surface area contributed by atoms with Crippen molar-refractivity contribution in [3.8, 4) is 22.3 Å². The summed E-state index contributed by atoms with van der Waals surface area (Å²) in [4.78, 5) is 11.6. The average Bonchev–Trinajstić information content (AvgIpc) is 3.18. The van der Waals surface area contributed by atoms with Crippen molar-refractivity contribution in [3.63, 3.8) is 0 Å². The highest BCUT2D eigenvalue weighted by Gasteiger charge is 2.34. The molecule has 0 atom stereocenters. The number of hydrogen-bond acceptors (Lipinski definition) is 3. The number of fused-ring (bicyclic) bond motifs is 1. The minimum Gasteiger partial charge on any atom is -0.481 e. The predicted molar refractivity (Wildman–Crippen MR) is 122 cm³/mol. The van der Waals surface area contributed by atoms with Gasteiger partial charge in [-0.05, 0) is 51.9 Å². The second-order valence-electron chi connectivity index (χ2n) is 7.41. The fraction of sp³-hybridized carbons (Fsp3) is 0.160. The largest absolute Gasteiger partial charge is 0.481 e. The van der Waals surface area contributed by atoms with Gasteiger partial charge in [-0.1, -0.05) is 48.5 Å².